The molecule has 0 fully saturated rings. The molecule has 0 aliphatic carbocycles. The Hall–Kier alpha value is -2.85. The third-order valence-corrected chi connectivity index (χ3v) is 10.1. The molecule has 0 amide bonds. The van der Waals surface area contributed by atoms with E-state index in [1.807, 2.05) is 48.5 Å². The highest BCUT2D eigenvalue weighted by Gasteiger charge is 2.20. The minimum Gasteiger partial charge on any atom is -0.344 e. The SMILES string of the molecule is CCCCCCCCCCCCCCCCCCN(C)c1nc(SC2N=c3ccccc3=N2)nc(SC2N=c3ccccc3=N2)n1. The van der Waals surface area contributed by atoms with Crippen molar-refractivity contribution in [2.75, 3.05) is 18.5 Å². The molecule has 0 spiro atoms. The van der Waals surface area contributed by atoms with Gasteiger partial charge in [-0.15, -0.1) is 0 Å². The van der Waals surface area contributed by atoms with Crippen molar-refractivity contribution in [3.63, 3.8) is 0 Å². The normalized spacial score (nSPS) is 13.9. The Morgan fingerprint density at radius 1 is 0.500 bits per heavy atom. The molecule has 10 heteroatoms. The lowest BCUT2D eigenvalue weighted by molar-refractivity contribution is 0.529. The van der Waals surface area contributed by atoms with Gasteiger partial charge in [0.15, 0.2) is 21.3 Å². The smallest absolute Gasteiger partial charge is 0.230 e. The average molecular weight is 659 g/mol. The van der Waals surface area contributed by atoms with E-state index in [0.717, 1.165) is 34.4 Å². The van der Waals surface area contributed by atoms with Gasteiger partial charge in [0.05, 0.1) is 21.4 Å². The molecular formula is C36H50N8S2. The van der Waals surface area contributed by atoms with Crippen LogP contribution in [-0.2, 0) is 0 Å². The highest BCUT2D eigenvalue weighted by molar-refractivity contribution is 8.00. The van der Waals surface area contributed by atoms with E-state index in [-0.39, 0.29) is 11.0 Å². The quantitative estimate of drug-likeness (QED) is 0.106. The molecule has 246 valence electrons. The Morgan fingerprint density at radius 3 is 1.22 bits per heavy atom. The van der Waals surface area contributed by atoms with Gasteiger partial charge in [-0.1, -0.05) is 128 Å². The monoisotopic (exact) mass is 658 g/mol. The summed E-state index contributed by atoms with van der Waals surface area (Å²) in [5, 5.41) is 4.87. The first-order chi connectivity index (χ1) is 22.7. The molecule has 0 N–H and O–H groups in total. The molecule has 1 aromatic heterocycles. The number of thioether (sulfide) groups is 2. The number of benzene rings is 2. The van der Waals surface area contributed by atoms with Crippen molar-refractivity contribution < 1.29 is 0 Å². The van der Waals surface area contributed by atoms with Crippen LogP contribution in [0.4, 0.5) is 5.95 Å². The van der Waals surface area contributed by atoms with E-state index < -0.39 is 0 Å². The number of nitrogens with zero attached hydrogens (tertiary/aromatic N) is 8. The van der Waals surface area contributed by atoms with Crippen molar-refractivity contribution in [2.45, 2.75) is 131 Å². The van der Waals surface area contributed by atoms with E-state index in [1.54, 1.807) is 0 Å². The second-order valence-electron chi connectivity index (χ2n) is 12.3. The van der Waals surface area contributed by atoms with Crippen LogP contribution in [0, 0.1) is 0 Å². The van der Waals surface area contributed by atoms with Gasteiger partial charge < -0.3 is 4.90 Å². The molecule has 2 aliphatic rings. The summed E-state index contributed by atoms with van der Waals surface area (Å²) < 4.78 is 0. The number of hydrogen-bond acceptors (Lipinski definition) is 10. The van der Waals surface area contributed by atoms with Crippen LogP contribution in [0.15, 0.2) is 78.8 Å². The van der Waals surface area contributed by atoms with E-state index in [9.17, 15) is 0 Å². The van der Waals surface area contributed by atoms with E-state index in [4.69, 9.17) is 34.9 Å². The Labute approximate surface area is 282 Å². The predicted octanol–water partition coefficient (Wildman–Crippen LogP) is 7.23. The summed E-state index contributed by atoms with van der Waals surface area (Å²) in [6.07, 6.45) is 21.9. The van der Waals surface area contributed by atoms with E-state index in [0.29, 0.717) is 16.3 Å². The van der Waals surface area contributed by atoms with Gasteiger partial charge in [-0.05, 0) is 54.2 Å². The highest BCUT2D eigenvalue weighted by Crippen LogP contribution is 2.29. The molecule has 0 saturated heterocycles. The molecule has 0 atom stereocenters. The number of hydrogen-bond donors (Lipinski definition) is 0. The van der Waals surface area contributed by atoms with Crippen LogP contribution < -0.4 is 26.3 Å². The topological polar surface area (TPSA) is 91.3 Å². The van der Waals surface area contributed by atoms with Crippen molar-refractivity contribution in [3.8, 4) is 0 Å². The number of rotatable bonds is 22. The molecular weight excluding hydrogens is 609 g/mol. The number of anilines is 1. The fourth-order valence-electron chi connectivity index (χ4n) is 5.79. The van der Waals surface area contributed by atoms with Crippen LogP contribution in [0.3, 0.4) is 0 Å². The van der Waals surface area contributed by atoms with E-state index in [1.165, 1.54) is 120 Å². The summed E-state index contributed by atoms with van der Waals surface area (Å²) in [4.78, 5) is 35.6. The van der Waals surface area contributed by atoms with Gasteiger partial charge in [0, 0.05) is 13.6 Å². The van der Waals surface area contributed by atoms with Crippen LogP contribution in [0.1, 0.15) is 110 Å². The van der Waals surface area contributed by atoms with Crippen molar-refractivity contribution >= 4 is 29.5 Å². The maximum absolute atomic E-state index is 4.84. The van der Waals surface area contributed by atoms with Crippen LogP contribution >= 0.6 is 23.5 Å². The molecule has 5 rings (SSSR count). The zero-order chi connectivity index (χ0) is 31.8. The standard InChI is InChI=1S/C36H50N8S2/c1-3-4-5-6-7-8-9-10-11-12-13-14-15-16-17-22-27-44(2)32-41-35(45-33-37-28-23-18-19-24-29(28)38-33)43-36(42-32)46-34-39-30-25-20-21-26-31(30)40-34/h18-21,23-26,33-34H,3-17,22,27H2,1-2H3. The lowest BCUT2D eigenvalue weighted by atomic mass is 10.0. The minimum absolute atomic E-state index is 0.304. The third-order valence-electron chi connectivity index (χ3n) is 8.45. The highest BCUT2D eigenvalue weighted by atomic mass is 32.2. The Morgan fingerprint density at radius 2 is 0.848 bits per heavy atom. The predicted molar refractivity (Wildman–Crippen MR) is 189 cm³/mol. The van der Waals surface area contributed by atoms with Gasteiger partial charge >= 0.3 is 0 Å². The first kappa shape index (κ1) is 34.5. The Kier molecular flexibility index (Phi) is 14.3. The van der Waals surface area contributed by atoms with Crippen molar-refractivity contribution in [2.24, 2.45) is 20.0 Å². The molecule has 0 unspecified atom stereocenters. The molecule has 0 saturated carbocycles. The number of fused-ring (bicyclic) bond motifs is 2. The summed E-state index contributed by atoms with van der Waals surface area (Å²) in [5.41, 5.74) is -0.609. The molecule has 3 aromatic rings. The van der Waals surface area contributed by atoms with Gasteiger partial charge in [-0.3, -0.25) is 0 Å². The zero-order valence-corrected chi connectivity index (χ0v) is 29.3. The fraction of sp³-hybridized carbons (Fsp3) is 0.583. The Balaban J connectivity index is 1.05. The van der Waals surface area contributed by atoms with Crippen LogP contribution in [0.2, 0.25) is 0 Å². The second-order valence-corrected chi connectivity index (χ2v) is 14.4. The van der Waals surface area contributed by atoms with Gasteiger partial charge in [0.2, 0.25) is 5.95 Å². The molecule has 46 heavy (non-hydrogen) atoms. The summed E-state index contributed by atoms with van der Waals surface area (Å²) in [5.74, 6) is 0.673. The molecule has 3 heterocycles. The summed E-state index contributed by atoms with van der Waals surface area (Å²) in [7, 11) is 2.07. The summed E-state index contributed by atoms with van der Waals surface area (Å²) in [6.45, 7) is 3.20. The Bertz CT molecular complexity index is 1450. The van der Waals surface area contributed by atoms with Crippen LogP contribution in [0.25, 0.3) is 0 Å². The summed E-state index contributed by atoms with van der Waals surface area (Å²) in [6, 6.07) is 15.9. The average Bonchev–Trinajstić information content (AvgIpc) is 3.67. The molecule has 2 aliphatic heterocycles. The summed E-state index contributed by atoms with van der Waals surface area (Å²) >= 11 is 2.90. The van der Waals surface area contributed by atoms with Gasteiger partial charge in [0.25, 0.3) is 0 Å². The lowest BCUT2D eigenvalue weighted by Crippen LogP contribution is -2.22. The van der Waals surface area contributed by atoms with Crippen molar-refractivity contribution in [3.05, 3.63) is 70.0 Å². The maximum Gasteiger partial charge on any atom is 0.230 e. The molecule has 0 radical (unpaired) electrons. The van der Waals surface area contributed by atoms with E-state index in [2.05, 4.69) is 18.9 Å². The van der Waals surface area contributed by atoms with Gasteiger partial charge in [0.1, 0.15) is 0 Å². The third kappa shape index (κ3) is 11.1. The van der Waals surface area contributed by atoms with Crippen LogP contribution in [-0.4, -0.2) is 39.5 Å². The molecule has 8 nitrogen and oxygen atoms in total. The van der Waals surface area contributed by atoms with Crippen molar-refractivity contribution in [1.82, 2.24) is 15.0 Å². The van der Waals surface area contributed by atoms with Crippen molar-refractivity contribution in [1.29, 1.82) is 0 Å². The molecule has 0 bridgehead atoms. The zero-order valence-electron chi connectivity index (χ0n) is 27.7. The van der Waals surface area contributed by atoms with Gasteiger partial charge in [-0.2, -0.15) is 15.0 Å². The van der Waals surface area contributed by atoms with Crippen LogP contribution in [0.5, 0.6) is 0 Å². The lowest BCUT2D eigenvalue weighted by Gasteiger charge is -2.18. The van der Waals surface area contributed by atoms with Gasteiger partial charge in [-0.25, -0.2) is 20.0 Å². The minimum atomic E-state index is -0.304. The second kappa shape index (κ2) is 19.1. The maximum atomic E-state index is 4.84. The number of unbranched alkanes of at least 4 members (excludes halogenated alkanes) is 15. The largest absolute Gasteiger partial charge is 0.344 e. The van der Waals surface area contributed by atoms with E-state index >= 15 is 0 Å². The number of aromatic nitrogens is 3. The fourth-order valence-corrected chi connectivity index (χ4v) is 7.44. The first-order valence-corrected chi connectivity index (χ1v) is 19.3. The first-order valence-electron chi connectivity index (χ1n) is 17.5. The number of para-hydroxylation sites is 4. The molecule has 2 aromatic carbocycles.